The molecule has 1 rings (SSSR count). The van der Waals surface area contributed by atoms with Crippen molar-refractivity contribution in [3.63, 3.8) is 0 Å². The molecular weight excluding hydrogens is 250 g/mol. The molecule has 3 nitrogen and oxygen atoms in total. The molecule has 4 heteroatoms. The summed E-state index contributed by atoms with van der Waals surface area (Å²) >= 11 is 6.24. The van der Waals surface area contributed by atoms with Gasteiger partial charge in [0.25, 0.3) is 0 Å². The zero-order valence-electron chi connectivity index (χ0n) is 11.5. The van der Waals surface area contributed by atoms with Crippen molar-refractivity contribution in [2.45, 2.75) is 26.8 Å². The maximum Gasteiger partial charge on any atom is 0.179 e. The van der Waals surface area contributed by atoms with Crippen LogP contribution >= 0.6 is 11.6 Å². The molecule has 1 N–H and O–H groups in total. The molecule has 1 aromatic rings. The number of hydrogen-bond acceptors (Lipinski definition) is 3. The molecule has 0 aliphatic heterocycles. The molecule has 0 aliphatic carbocycles. The standard InChI is InChI=1S/C14H22ClNO2/c1-5-10(2)9-18-14-12(15)6-11(8-16-3)7-13(14)17-4/h6-7,10,16H,5,8-9H2,1-4H3. The fraction of sp³-hybridized carbons (Fsp3) is 0.571. The molecule has 0 heterocycles. The third-order valence-corrected chi connectivity index (χ3v) is 3.16. The van der Waals surface area contributed by atoms with Gasteiger partial charge < -0.3 is 14.8 Å². The van der Waals surface area contributed by atoms with Gasteiger partial charge >= 0.3 is 0 Å². The molecule has 0 saturated carbocycles. The average Bonchev–Trinajstić information content (AvgIpc) is 2.36. The van der Waals surface area contributed by atoms with Gasteiger partial charge in [0.1, 0.15) is 0 Å². The van der Waals surface area contributed by atoms with Crippen molar-refractivity contribution < 1.29 is 9.47 Å². The maximum atomic E-state index is 6.24. The van der Waals surface area contributed by atoms with E-state index in [0.717, 1.165) is 18.5 Å². The lowest BCUT2D eigenvalue weighted by Crippen LogP contribution is -2.09. The van der Waals surface area contributed by atoms with Crippen LogP contribution in [0.2, 0.25) is 5.02 Å². The normalized spacial score (nSPS) is 12.3. The molecule has 0 saturated heterocycles. The molecule has 0 spiro atoms. The van der Waals surface area contributed by atoms with Gasteiger partial charge in [0.15, 0.2) is 11.5 Å². The van der Waals surface area contributed by atoms with Crippen LogP contribution in [-0.4, -0.2) is 20.8 Å². The molecule has 1 aromatic carbocycles. The summed E-state index contributed by atoms with van der Waals surface area (Å²) in [6, 6.07) is 3.86. The van der Waals surface area contributed by atoms with E-state index >= 15 is 0 Å². The summed E-state index contributed by atoms with van der Waals surface area (Å²) in [5.41, 5.74) is 1.08. The number of halogens is 1. The number of ether oxygens (including phenoxy) is 2. The van der Waals surface area contributed by atoms with E-state index in [-0.39, 0.29) is 0 Å². The van der Waals surface area contributed by atoms with Crippen LogP contribution in [0.15, 0.2) is 12.1 Å². The van der Waals surface area contributed by atoms with Crippen molar-refractivity contribution in [3.8, 4) is 11.5 Å². The van der Waals surface area contributed by atoms with Gasteiger partial charge in [0.2, 0.25) is 0 Å². The SMILES string of the molecule is CCC(C)COc1c(Cl)cc(CNC)cc1OC. The van der Waals surface area contributed by atoms with Gasteiger partial charge in [0, 0.05) is 6.54 Å². The first-order valence-corrected chi connectivity index (χ1v) is 6.63. The number of nitrogens with one attached hydrogen (secondary N) is 1. The summed E-state index contributed by atoms with van der Waals surface area (Å²) in [5, 5.41) is 3.69. The summed E-state index contributed by atoms with van der Waals surface area (Å²) in [6.45, 7) is 5.69. The molecule has 0 amide bonds. The number of benzene rings is 1. The van der Waals surface area contributed by atoms with Crippen LogP contribution in [-0.2, 0) is 6.54 Å². The topological polar surface area (TPSA) is 30.5 Å². The first kappa shape index (κ1) is 15.1. The van der Waals surface area contributed by atoms with Crippen LogP contribution in [0.5, 0.6) is 11.5 Å². The van der Waals surface area contributed by atoms with Crippen molar-refractivity contribution >= 4 is 11.6 Å². The minimum Gasteiger partial charge on any atom is -0.493 e. The van der Waals surface area contributed by atoms with Gasteiger partial charge in [-0.15, -0.1) is 0 Å². The second-order valence-electron chi connectivity index (χ2n) is 4.46. The van der Waals surface area contributed by atoms with Crippen LogP contribution in [0.25, 0.3) is 0 Å². The first-order chi connectivity index (χ1) is 8.62. The van der Waals surface area contributed by atoms with Crippen LogP contribution in [0, 0.1) is 5.92 Å². The van der Waals surface area contributed by atoms with E-state index in [1.165, 1.54) is 0 Å². The Kier molecular flexibility index (Phi) is 6.30. The Labute approximate surface area is 114 Å². The molecule has 0 aromatic heterocycles. The van der Waals surface area contributed by atoms with Gasteiger partial charge in [-0.1, -0.05) is 31.9 Å². The van der Waals surface area contributed by atoms with E-state index < -0.39 is 0 Å². The molecule has 0 bridgehead atoms. The second kappa shape index (κ2) is 7.49. The number of rotatable bonds is 7. The van der Waals surface area contributed by atoms with Crippen molar-refractivity contribution in [1.82, 2.24) is 5.32 Å². The molecule has 1 unspecified atom stereocenters. The van der Waals surface area contributed by atoms with Gasteiger partial charge in [0.05, 0.1) is 18.7 Å². The number of methoxy groups -OCH3 is 1. The van der Waals surface area contributed by atoms with E-state index in [4.69, 9.17) is 21.1 Å². The third-order valence-electron chi connectivity index (χ3n) is 2.88. The predicted octanol–water partition coefficient (Wildman–Crippen LogP) is 3.49. The summed E-state index contributed by atoms with van der Waals surface area (Å²) in [4.78, 5) is 0. The third kappa shape index (κ3) is 4.07. The fourth-order valence-electron chi connectivity index (χ4n) is 1.56. The van der Waals surface area contributed by atoms with E-state index in [1.807, 2.05) is 19.2 Å². The van der Waals surface area contributed by atoms with Crippen molar-refractivity contribution in [2.75, 3.05) is 20.8 Å². The molecule has 0 radical (unpaired) electrons. The van der Waals surface area contributed by atoms with Crippen LogP contribution in [0.4, 0.5) is 0 Å². The van der Waals surface area contributed by atoms with Crippen LogP contribution < -0.4 is 14.8 Å². The summed E-state index contributed by atoms with van der Waals surface area (Å²) in [5.74, 6) is 1.83. The zero-order valence-corrected chi connectivity index (χ0v) is 12.3. The summed E-state index contributed by atoms with van der Waals surface area (Å²) in [6.07, 6.45) is 1.08. The van der Waals surface area contributed by atoms with Crippen LogP contribution in [0.1, 0.15) is 25.8 Å². The van der Waals surface area contributed by atoms with Crippen molar-refractivity contribution in [1.29, 1.82) is 0 Å². The predicted molar refractivity (Wildman–Crippen MR) is 75.7 cm³/mol. The van der Waals surface area contributed by atoms with Crippen molar-refractivity contribution in [3.05, 3.63) is 22.7 Å². The maximum absolute atomic E-state index is 6.24. The van der Waals surface area contributed by atoms with E-state index in [1.54, 1.807) is 7.11 Å². The highest BCUT2D eigenvalue weighted by Gasteiger charge is 2.12. The van der Waals surface area contributed by atoms with Gasteiger partial charge in [-0.2, -0.15) is 0 Å². The Hall–Kier alpha value is -0.930. The lowest BCUT2D eigenvalue weighted by atomic mass is 10.1. The second-order valence-corrected chi connectivity index (χ2v) is 4.87. The highest BCUT2D eigenvalue weighted by molar-refractivity contribution is 6.32. The lowest BCUT2D eigenvalue weighted by Gasteiger charge is -2.16. The zero-order chi connectivity index (χ0) is 13.5. The Balaban J connectivity index is 2.89. The highest BCUT2D eigenvalue weighted by atomic mass is 35.5. The van der Waals surface area contributed by atoms with E-state index in [2.05, 4.69) is 19.2 Å². The molecule has 0 aliphatic rings. The lowest BCUT2D eigenvalue weighted by molar-refractivity contribution is 0.244. The fourth-order valence-corrected chi connectivity index (χ4v) is 1.85. The van der Waals surface area contributed by atoms with Crippen molar-refractivity contribution in [2.24, 2.45) is 5.92 Å². The Morgan fingerprint density at radius 1 is 1.39 bits per heavy atom. The minimum absolute atomic E-state index is 0.503. The number of hydrogen-bond donors (Lipinski definition) is 1. The Morgan fingerprint density at radius 3 is 2.67 bits per heavy atom. The Bertz CT molecular complexity index is 382. The van der Waals surface area contributed by atoms with Gasteiger partial charge in [-0.05, 0) is 30.7 Å². The quantitative estimate of drug-likeness (QED) is 0.823. The van der Waals surface area contributed by atoms with Gasteiger partial charge in [-0.3, -0.25) is 0 Å². The van der Waals surface area contributed by atoms with Crippen LogP contribution in [0.3, 0.4) is 0 Å². The minimum atomic E-state index is 0.503. The Morgan fingerprint density at radius 2 is 2.11 bits per heavy atom. The highest BCUT2D eigenvalue weighted by Crippen LogP contribution is 2.36. The average molecular weight is 272 g/mol. The first-order valence-electron chi connectivity index (χ1n) is 6.26. The molecule has 102 valence electrons. The largest absolute Gasteiger partial charge is 0.493 e. The summed E-state index contributed by atoms with van der Waals surface area (Å²) < 4.78 is 11.1. The summed E-state index contributed by atoms with van der Waals surface area (Å²) in [7, 11) is 3.53. The van der Waals surface area contributed by atoms with Gasteiger partial charge in [-0.25, -0.2) is 0 Å². The monoisotopic (exact) mass is 271 g/mol. The molecular formula is C14H22ClNO2. The molecule has 18 heavy (non-hydrogen) atoms. The van der Waals surface area contributed by atoms with E-state index in [0.29, 0.717) is 29.0 Å². The molecule has 1 atom stereocenters. The van der Waals surface area contributed by atoms with E-state index in [9.17, 15) is 0 Å². The molecule has 0 fully saturated rings. The smallest absolute Gasteiger partial charge is 0.179 e.